The number of nitrogens with zero attached hydrogens (tertiary/aromatic N) is 5. The molecule has 3 aromatic heterocycles. The number of ether oxygens (including phenoxy) is 1. The topological polar surface area (TPSA) is 158 Å². The predicted molar refractivity (Wildman–Crippen MR) is 146 cm³/mol. The maximum absolute atomic E-state index is 14.6. The van der Waals surface area contributed by atoms with Crippen molar-refractivity contribution in [1.29, 1.82) is 0 Å². The lowest BCUT2D eigenvalue weighted by atomic mass is 10.0. The summed E-state index contributed by atoms with van der Waals surface area (Å²) in [5.74, 6) is -4.46. The molecule has 15 heteroatoms. The Labute approximate surface area is 235 Å². The van der Waals surface area contributed by atoms with Crippen molar-refractivity contribution in [2.24, 2.45) is 12.8 Å². The largest absolute Gasteiger partial charge is 0.504 e. The number of nitrogens with one attached hydrogen (secondary N) is 1. The maximum Gasteiger partial charge on any atom is 0.263 e. The van der Waals surface area contributed by atoms with E-state index < -0.39 is 47.0 Å². The fraction of sp³-hybridized carbons (Fsp3) is 0.269. The molecule has 4 heterocycles. The quantitative estimate of drug-likeness (QED) is 0.290. The molecule has 4 aromatic rings. The summed E-state index contributed by atoms with van der Waals surface area (Å²) >= 11 is 6.12. The lowest BCUT2D eigenvalue weighted by Gasteiger charge is -2.34. The first kappa shape index (κ1) is 28.0. The van der Waals surface area contributed by atoms with E-state index in [-0.39, 0.29) is 44.7 Å². The van der Waals surface area contributed by atoms with E-state index in [1.54, 1.807) is 0 Å². The van der Waals surface area contributed by atoms with Crippen LogP contribution in [0.15, 0.2) is 35.5 Å². The van der Waals surface area contributed by atoms with Crippen LogP contribution < -0.4 is 21.5 Å². The minimum absolute atomic E-state index is 0.00915. The first-order valence-electron chi connectivity index (χ1n) is 12.3. The summed E-state index contributed by atoms with van der Waals surface area (Å²) in [5, 5.41) is 12.1. The van der Waals surface area contributed by atoms with Crippen LogP contribution in [0.3, 0.4) is 0 Å². The Morgan fingerprint density at radius 1 is 1.29 bits per heavy atom. The standard InChI is InChI=1S/C26H24ClF2N7O5/c1-12-10-41-4-3-36(12)18-7-17(21(27)23(29)33-18)32-19(37)9-35-8-15(20-25(35)31-11-34(2)26(20)40)13-5-14(24(30)39)22(38)16(28)6-13/h5-8,11-12,38H,3-4,9-10H2,1-2H3,(H2,30,39)(H,32,33,37)/t12-/m0/s1. The molecule has 1 atom stereocenters. The number of primary amides is 1. The first-order valence-corrected chi connectivity index (χ1v) is 12.7. The number of hydrogen-bond acceptors (Lipinski definition) is 8. The Bertz CT molecular complexity index is 1770. The third kappa shape index (κ3) is 5.18. The van der Waals surface area contributed by atoms with E-state index in [1.165, 1.54) is 34.8 Å². The number of phenols is 1. The molecule has 0 unspecified atom stereocenters. The predicted octanol–water partition coefficient (Wildman–Crippen LogP) is 2.40. The van der Waals surface area contributed by atoms with Crippen LogP contribution in [-0.2, 0) is 23.1 Å². The van der Waals surface area contributed by atoms with Crippen molar-refractivity contribution in [1.82, 2.24) is 19.1 Å². The first-order chi connectivity index (χ1) is 19.5. The van der Waals surface area contributed by atoms with Gasteiger partial charge in [-0.3, -0.25) is 14.4 Å². The number of aromatic nitrogens is 4. The van der Waals surface area contributed by atoms with Crippen LogP contribution in [0.2, 0.25) is 5.02 Å². The van der Waals surface area contributed by atoms with Gasteiger partial charge in [0.2, 0.25) is 11.9 Å². The van der Waals surface area contributed by atoms with Crippen LogP contribution in [0.4, 0.5) is 20.3 Å². The molecule has 12 nitrogen and oxygen atoms in total. The fourth-order valence-corrected chi connectivity index (χ4v) is 4.83. The molecule has 2 amide bonds. The van der Waals surface area contributed by atoms with Gasteiger partial charge in [0.05, 0.1) is 42.2 Å². The highest BCUT2D eigenvalue weighted by atomic mass is 35.5. The Kier molecular flexibility index (Phi) is 7.36. The molecule has 1 aromatic carbocycles. The van der Waals surface area contributed by atoms with Crippen molar-refractivity contribution >= 4 is 46.0 Å². The minimum Gasteiger partial charge on any atom is -0.504 e. The summed E-state index contributed by atoms with van der Waals surface area (Å²) in [7, 11) is 1.46. The molecule has 0 aliphatic carbocycles. The molecular formula is C26H24ClF2N7O5. The number of benzene rings is 1. The van der Waals surface area contributed by atoms with E-state index in [9.17, 15) is 28.3 Å². The number of aromatic hydroxyl groups is 1. The highest BCUT2D eigenvalue weighted by Crippen LogP contribution is 2.33. The second kappa shape index (κ2) is 10.8. The lowest BCUT2D eigenvalue weighted by molar-refractivity contribution is -0.116. The molecule has 1 saturated heterocycles. The molecule has 1 aliphatic heterocycles. The van der Waals surface area contributed by atoms with Gasteiger partial charge in [0.1, 0.15) is 23.0 Å². The normalized spacial score (nSPS) is 15.3. The molecule has 4 N–H and O–H groups in total. The van der Waals surface area contributed by atoms with Gasteiger partial charge in [-0.2, -0.15) is 4.39 Å². The van der Waals surface area contributed by atoms with Gasteiger partial charge in [0.25, 0.3) is 11.5 Å². The Morgan fingerprint density at radius 3 is 2.76 bits per heavy atom. The number of rotatable bonds is 6. The number of halogens is 3. The van der Waals surface area contributed by atoms with Crippen molar-refractivity contribution in [3.05, 3.63) is 63.4 Å². The number of carbonyl (C=O) groups is 2. The second-order valence-corrected chi connectivity index (χ2v) is 9.92. The summed E-state index contributed by atoms with van der Waals surface area (Å²) < 4.78 is 37.1. The second-order valence-electron chi connectivity index (χ2n) is 9.55. The molecule has 0 saturated carbocycles. The minimum atomic E-state index is -1.13. The van der Waals surface area contributed by atoms with E-state index in [4.69, 9.17) is 22.1 Å². The zero-order chi connectivity index (χ0) is 29.6. The molecule has 0 bridgehead atoms. The summed E-state index contributed by atoms with van der Waals surface area (Å²) in [5.41, 5.74) is 4.54. The number of aryl methyl sites for hydroxylation is 1. The van der Waals surface area contributed by atoms with Gasteiger partial charge in [-0.05, 0) is 24.6 Å². The molecule has 0 radical (unpaired) electrons. The SMILES string of the molecule is C[C@H]1COCCN1c1cc(NC(=O)Cn2cc(-c3cc(F)c(O)c(C(N)=O)c3)c3c(=O)n(C)cnc32)c(Cl)c(F)n1. The number of anilines is 2. The Balaban J connectivity index is 1.52. The molecule has 214 valence electrons. The summed E-state index contributed by atoms with van der Waals surface area (Å²) in [6, 6.07) is 3.45. The number of amides is 2. The van der Waals surface area contributed by atoms with Gasteiger partial charge in [-0.15, -0.1) is 0 Å². The third-order valence-corrected chi connectivity index (χ3v) is 7.09. The van der Waals surface area contributed by atoms with Gasteiger partial charge in [-0.1, -0.05) is 11.6 Å². The van der Waals surface area contributed by atoms with Gasteiger partial charge in [-0.25, -0.2) is 14.4 Å². The molecule has 5 rings (SSSR count). The van der Waals surface area contributed by atoms with Gasteiger partial charge in [0.15, 0.2) is 11.6 Å². The fourth-order valence-electron chi connectivity index (χ4n) is 4.68. The van der Waals surface area contributed by atoms with Crippen LogP contribution in [0.1, 0.15) is 17.3 Å². The lowest BCUT2D eigenvalue weighted by Crippen LogP contribution is -2.44. The van der Waals surface area contributed by atoms with Crippen LogP contribution in [0, 0.1) is 11.8 Å². The van der Waals surface area contributed by atoms with E-state index in [0.717, 1.165) is 12.1 Å². The molecule has 1 aliphatic rings. The highest BCUT2D eigenvalue weighted by Gasteiger charge is 2.25. The van der Waals surface area contributed by atoms with Gasteiger partial charge >= 0.3 is 0 Å². The van der Waals surface area contributed by atoms with Crippen LogP contribution in [-0.4, -0.2) is 61.8 Å². The summed E-state index contributed by atoms with van der Waals surface area (Å²) in [4.78, 5) is 48.0. The van der Waals surface area contributed by atoms with Crippen molar-refractivity contribution in [2.75, 3.05) is 30.0 Å². The number of pyridine rings is 1. The van der Waals surface area contributed by atoms with Gasteiger partial charge in [0, 0.05) is 31.4 Å². The zero-order valence-corrected chi connectivity index (χ0v) is 22.6. The molecule has 0 spiro atoms. The number of hydrogen-bond donors (Lipinski definition) is 3. The highest BCUT2D eigenvalue weighted by molar-refractivity contribution is 6.33. The van der Waals surface area contributed by atoms with Gasteiger partial charge < -0.3 is 34.9 Å². The molecular weight excluding hydrogens is 564 g/mol. The van der Waals surface area contributed by atoms with Crippen LogP contribution in [0.25, 0.3) is 22.2 Å². The molecule has 41 heavy (non-hydrogen) atoms. The average molecular weight is 588 g/mol. The van der Waals surface area contributed by atoms with Crippen LogP contribution in [0.5, 0.6) is 5.75 Å². The van der Waals surface area contributed by atoms with E-state index >= 15 is 0 Å². The third-order valence-electron chi connectivity index (χ3n) is 6.73. The van der Waals surface area contributed by atoms with E-state index in [0.29, 0.717) is 19.8 Å². The van der Waals surface area contributed by atoms with Crippen molar-refractivity contribution in [3.8, 4) is 16.9 Å². The summed E-state index contributed by atoms with van der Waals surface area (Å²) in [6.07, 6.45) is 2.63. The van der Waals surface area contributed by atoms with E-state index in [2.05, 4.69) is 15.3 Å². The van der Waals surface area contributed by atoms with Crippen molar-refractivity contribution in [2.45, 2.75) is 19.5 Å². The smallest absolute Gasteiger partial charge is 0.263 e. The van der Waals surface area contributed by atoms with Crippen molar-refractivity contribution < 1.29 is 28.2 Å². The number of carbonyl (C=O) groups excluding carboxylic acids is 2. The average Bonchev–Trinajstić information content (AvgIpc) is 3.28. The van der Waals surface area contributed by atoms with Crippen LogP contribution >= 0.6 is 11.6 Å². The Hall–Kier alpha value is -4.56. The maximum atomic E-state index is 14.6. The summed E-state index contributed by atoms with van der Waals surface area (Å²) in [6.45, 7) is 2.82. The molecule has 1 fully saturated rings. The van der Waals surface area contributed by atoms with Crippen molar-refractivity contribution in [3.63, 3.8) is 0 Å². The Morgan fingerprint density at radius 2 is 2.05 bits per heavy atom. The number of fused-ring (bicyclic) bond motifs is 1. The number of morpholine rings is 1. The zero-order valence-electron chi connectivity index (χ0n) is 21.8. The van der Waals surface area contributed by atoms with E-state index in [1.807, 2.05) is 11.8 Å². The number of nitrogens with two attached hydrogens (primary N) is 1. The monoisotopic (exact) mass is 587 g/mol.